The number of hydrogen-bond acceptors (Lipinski definition) is 2. The molecule has 0 fully saturated rings. The van der Waals surface area contributed by atoms with Crippen molar-refractivity contribution < 1.29 is 4.79 Å². The minimum absolute atomic E-state index is 0.148. The topological polar surface area (TPSA) is 17.1 Å². The van der Waals surface area contributed by atoms with E-state index in [0.717, 1.165) is 24.3 Å². The summed E-state index contributed by atoms with van der Waals surface area (Å²) in [6.45, 7) is 1.99. The van der Waals surface area contributed by atoms with E-state index in [1.54, 1.807) is 11.3 Å². The molecule has 0 unspecified atom stereocenters. The smallest absolute Gasteiger partial charge is 0.169 e. The van der Waals surface area contributed by atoms with Crippen molar-refractivity contribution in [2.45, 2.75) is 13.3 Å². The van der Waals surface area contributed by atoms with Crippen molar-refractivity contribution in [3.05, 3.63) is 54.6 Å². The summed E-state index contributed by atoms with van der Waals surface area (Å²) >= 11 is 8.48. The molecule has 0 aliphatic rings. The van der Waals surface area contributed by atoms with Crippen molar-refractivity contribution in [2.75, 3.05) is 0 Å². The van der Waals surface area contributed by atoms with Gasteiger partial charge in [-0.15, -0.1) is 11.3 Å². The molecule has 4 heteroatoms. The Morgan fingerprint density at radius 3 is 2.65 bits per heavy atom. The fourth-order valence-corrected chi connectivity index (χ4v) is 3.53. The molecular formula is C13H10Br2OS. The lowest BCUT2D eigenvalue weighted by Crippen LogP contribution is -2.03. The maximum Gasteiger partial charge on any atom is 0.169 e. The fraction of sp³-hybridized carbons (Fsp3) is 0.154. The largest absolute Gasteiger partial charge is 0.294 e. The molecular weight excluding hydrogens is 364 g/mol. The highest BCUT2D eigenvalue weighted by Crippen LogP contribution is 2.26. The van der Waals surface area contributed by atoms with E-state index in [2.05, 4.69) is 31.9 Å². The van der Waals surface area contributed by atoms with E-state index in [1.165, 1.54) is 0 Å². The Morgan fingerprint density at radius 2 is 2.00 bits per heavy atom. The van der Waals surface area contributed by atoms with Gasteiger partial charge in [-0.05, 0) is 56.5 Å². The van der Waals surface area contributed by atoms with Gasteiger partial charge in [-0.25, -0.2) is 0 Å². The third-order valence-electron chi connectivity index (χ3n) is 2.46. The number of hydrogen-bond donors (Lipinski definition) is 0. The Kier molecular flexibility index (Phi) is 4.17. The molecule has 0 spiro atoms. The highest BCUT2D eigenvalue weighted by molar-refractivity contribution is 9.11. The average Bonchev–Trinajstić information content (AvgIpc) is 2.68. The molecule has 0 amide bonds. The highest BCUT2D eigenvalue weighted by Gasteiger charge is 2.12. The van der Waals surface area contributed by atoms with E-state index in [-0.39, 0.29) is 5.78 Å². The second-order valence-electron chi connectivity index (χ2n) is 3.74. The minimum Gasteiger partial charge on any atom is -0.294 e. The Hall–Kier alpha value is -0.450. The Morgan fingerprint density at radius 1 is 1.24 bits per heavy atom. The molecule has 0 N–H and O–H groups in total. The first-order valence-electron chi connectivity index (χ1n) is 5.10. The summed E-state index contributed by atoms with van der Waals surface area (Å²) in [6, 6.07) is 9.72. The van der Waals surface area contributed by atoms with Crippen LogP contribution in [-0.4, -0.2) is 5.78 Å². The van der Waals surface area contributed by atoms with E-state index in [0.29, 0.717) is 6.42 Å². The van der Waals surface area contributed by atoms with E-state index in [4.69, 9.17) is 0 Å². The number of halogens is 2. The maximum atomic E-state index is 12.2. The van der Waals surface area contributed by atoms with E-state index in [9.17, 15) is 4.79 Å². The summed E-state index contributed by atoms with van der Waals surface area (Å²) in [5, 5.41) is 0. The molecule has 0 bridgehead atoms. The summed E-state index contributed by atoms with van der Waals surface area (Å²) < 4.78 is 1.96. The quantitative estimate of drug-likeness (QED) is 0.691. The van der Waals surface area contributed by atoms with Gasteiger partial charge in [-0.1, -0.05) is 18.2 Å². The standard InChI is InChI=1S/C13H10Br2OS/c1-8-3-2-4-10(13(8)15)11(16)7-9-5-6-12(14)17-9/h2-6H,7H2,1H3. The molecule has 0 radical (unpaired) electrons. The van der Waals surface area contributed by atoms with Gasteiger partial charge >= 0.3 is 0 Å². The van der Waals surface area contributed by atoms with Crippen molar-refractivity contribution in [3.8, 4) is 0 Å². The monoisotopic (exact) mass is 372 g/mol. The van der Waals surface area contributed by atoms with Crippen molar-refractivity contribution >= 4 is 49.0 Å². The number of carbonyl (C=O) groups excluding carboxylic acids is 1. The van der Waals surface area contributed by atoms with Crippen LogP contribution in [0.15, 0.2) is 38.6 Å². The van der Waals surface area contributed by atoms with E-state index >= 15 is 0 Å². The van der Waals surface area contributed by atoms with Gasteiger partial charge in [0.05, 0.1) is 3.79 Å². The molecule has 88 valence electrons. The van der Waals surface area contributed by atoms with Crippen LogP contribution in [0, 0.1) is 6.92 Å². The fourth-order valence-electron chi connectivity index (χ4n) is 1.56. The van der Waals surface area contributed by atoms with Crippen LogP contribution in [0.5, 0.6) is 0 Å². The van der Waals surface area contributed by atoms with Crippen LogP contribution in [0.1, 0.15) is 20.8 Å². The Balaban J connectivity index is 2.23. The van der Waals surface area contributed by atoms with Crippen molar-refractivity contribution in [1.29, 1.82) is 0 Å². The molecule has 2 aromatic rings. The summed E-state index contributed by atoms with van der Waals surface area (Å²) in [5.74, 6) is 0.148. The molecule has 1 aromatic heterocycles. The molecule has 1 nitrogen and oxygen atoms in total. The zero-order valence-corrected chi connectivity index (χ0v) is 13.2. The highest BCUT2D eigenvalue weighted by atomic mass is 79.9. The summed E-state index contributed by atoms with van der Waals surface area (Å²) in [7, 11) is 0. The van der Waals surface area contributed by atoms with Crippen LogP contribution in [0.25, 0.3) is 0 Å². The van der Waals surface area contributed by atoms with Gasteiger partial charge in [0.15, 0.2) is 5.78 Å². The van der Waals surface area contributed by atoms with Crippen molar-refractivity contribution in [2.24, 2.45) is 0 Å². The van der Waals surface area contributed by atoms with Crippen molar-refractivity contribution in [1.82, 2.24) is 0 Å². The number of Topliss-reactive ketones (excluding diaryl/α,β-unsaturated/α-hetero) is 1. The minimum atomic E-state index is 0.148. The first kappa shape index (κ1) is 13.0. The Bertz CT molecular complexity index is 560. The predicted octanol–water partition coefficient (Wildman–Crippen LogP) is 5.01. The third-order valence-corrected chi connectivity index (χ3v) is 5.13. The van der Waals surface area contributed by atoms with Crippen LogP contribution in [0.3, 0.4) is 0 Å². The third kappa shape index (κ3) is 3.06. The molecule has 2 rings (SSSR count). The number of thiophene rings is 1. The average molecular weight is 374 g/mol. The molecule has 0 aliphatic carbocycles. The number of ketones is 1. The Labute approximate surface area is 121 Å². The SMILES string of the molecule is Cc1cccc(C(=O)Cc2ccc(Br)s2)c1Br. The molecule has 1 heterocycles. The van der Waals surface area contributed by atoms with Crippen LogP contribution in [0.2, 0.25) is 0 Å². The zero-order valence-electron chi connectivity index (χ0n) is 9.17. The van der Waals surface area contributed by atoms with Gasteiger partial charge in [0, 0.05) is 21.3 Å². The van der Waals surface area contributed by atoms with E-state index < -0.39 is 0 Å². The second kappa shape index (κ2) is 5.46. The van der Waals surface area contributed by atoms with Gasteiger partial charge in [-0.3, -0.25) is 4.79 Å². The lowest BCUT2D eigenvalue weighted by atomic mass is 10.1. The molecule has 17 heavy (non-hydrogen) atoms. The predicted molar refractivity (Wildman–Crippen MR) is 78.9 cm³/mol. The molecule has 1 aromatic carbocycles. The van der Waals surface area contributed by atoms with Gasteiger partial charge in [0.25, 0.3) is 0 Å². The van der Waals surface area contributed by atoms with E-state index in [1.807, 2.05) is 37.3 Å². The molecule has 0 aliphatic heterocycles. The summed E-state index contributed by atoms with van der Waals surface area (Å²) in [5.41, 5.74) is 1.85. The summed E-state index contributed by atoms with van der Waals surface area (Å²) in [6.07, 6.45) is 0.457. The number of rotatable bonds is 3. The summed E-state index contributed by atoms with van der Waals surface area (Å²) in [4.78, 5) is 13.2. The zero-order chi connectivity index (χ0) is 12.4. The second-order valence-corrected chi connectivity index (χ2v) is 7.08. The number of benzene rings is 1. The lowest BCUT2D eigenvalue weighted by Gasteiger charge is -2.05. The normalized spacial score (nSPS) is 10.5. The van der Waals surface area contributed by atoms with Crippen LogP contribution in [0.4, 0.5) is 0 Å². The first-order chi connectivity index (χ1) is 8.08. The molecule has 0 atom stereocenters. The maximum absolute atomic E-state index is 12.2. The first-order valence-corrected chi connectivity index (χ1v) is 7.50. The van der Waals surface area contributed by atoms with Gasteiger partial charge in [0.1, 0.15) is 0 Å². The van der Waals surface area contributed by atoms with Gasteiger partial charge in [-0.2, -0.15) is 0 Å². The van der Waals surface area contributed by atoms with Crippen LogP contribution in [-0.2, 0) is 6.42 Å². The van der Waals surface area contributed by atoms with Gasteiger partial charge < -0.3 is 0 Å². The van der Waals surface area contributed by atoms with Gasteiger partial charge in [0.2, 0.25) is 0 Å². The lowest BCUT2D eigenvalue weighted by molar-refractivity contribution is 0.0993. The molecule has 0 saturated heterocycles. The molecule has 0 saturated carbocycles. The number of aryl methyl sites for hydroxylation is 1. The number of carbonyl (C=O) groups is 1. The van der Waals surface area contributed by atoms with Crippen LogP contribution < -0.4 is 0 Å². The van der Waals surface area contributed by atoms with Crippen molar-refractivity contribution in [3.63, 3.8) is 0 Å². The van der Waals surface area contributed by atoms with Crippen LogP contribution >= 0.6 is 43.2 Å².